The number of halogens is 1. The first kappa shape index (κ1) is 23.7. The normalized spacial score (nSPS) is 22.0. The molecule has 3 rings (SSSR count). The van der Waals surface area contributed by atoms with E-state index in [0.717, 1.165) is 44.6 Å². The molecule has 1 aromatic rings. The number of thiophene rings is 1. The van der Waals surface area contributed by atoms with Gasteiger partial charge in [0.2, 0.25) is 0 Å². The summed E-state index contributed by atoms with van der Waals surface area (Å²) in [5, 5.41) is 10.7. The van der Waals surface area contributed by atoms with E-state index in [2.05, 4.69) is 51.8 Å². The first-order valence-corrected chi connectivity index (χ1v) is 11.7. The maximum Gasteiger partial charge on any atom is 0.191 e. The van der Waals surface area contributed by atoms with Crippen molar-refractivity contribution in [3.8, 4) is 0 Å². The molecule has 5 nitrogen and oxygen atoms in total. The van der Waals surface area contributed by atoms with Crippen LogP contribution in [0.3, 0.4) is 0 Å². The van der Waals surface area contributed by atoms with Gasteiger partial charge in [0.15, 0.2) is 5.96 Å². The third-order valence-electron chi connectivity index (χ3n) is 5.81. The van der Waals surface area contributed by atoms with Crippen LogP contribution in [-0.2, 0) is 0 Å². The Morgan fingerprint density at radius 3 is 2.71 bits per heavy atom. The van der Waals surface area contributed by atoms with Gasteiger partial charge in [-0.1, -0.05) is 6.42 Å². The number of aliphatic imine (C=N–C) groups is 1. The number of likely N-dealkylation sites (tertiary alicyclic amines) is 1. The molecule has 0 spiro atoms. The van der Waals surface area contributed by atoms with Crippen LogP contribution in [0.15, 0.2) is 22.5 Å². The van der Waals surface area contributed by atoms with Crippen LogP contribution in [-0.4, -0.2) is 62.2 Å². The zero-order chi connectivity index (χ0) is 18.9. The number of piperidine rings is 2. The number of anilines is 1. The first-order chi connectivity index (χ1) is 13.3. The third kappa shape index (κ3) is 7.37. The van der Waals surface area contributed by atoms with Crippen LogP contribution in [0, 0.1) is 0 Å². The molecule has 1 aromatic heterocycles. The standard InChI is InChI=1S/C21H37N5S.HI/c1-3-22-21(23-12-7-14-25-13-5-4-8-18(25)2)24-19-10-15-26(16-11-19)20-9-6-17-27-20;/h6,9,17-19H,3-5,7-8,10-16H2,1-2H3,(H2,22,23,24);1H. The van der Waals surface area contributed by atoms with Crippen molar-refractivity contribution in [1.29, 1.82) is 0 Å². The second-order valence-electron chi connectivity index (χ2n) is 7.85. The Balaban J connectivity index is 0.00000280. The molecule has 0 saturated carbocycles. The summed E-state index contributed by atoms with van der Waals surface area (Å²) in [6.07, 6.45) is 7.62. The van der Waals surface area contributed by atoms with Crippen molar-refractivity contribution in [3.63, 3.8) is 0 Å². The highest BCUT2D eigenvalue weighted by molar-refractivity contribution is 14.0. The topological polar surface area (TPSA) is 42.9 Å². The molecule has 0 aromatic carbocycles. The van der Waals surface area contributed by atoms with Crippen LogP contribution in [0.2, 0.25) is 0 Å². The molecule has 1 unspecified atom stereocenters. The van der Waals surface area contributed by atoms with Gasteiger partial charge in [0.25, 0.3) is 0 Å². The quantitative estimate of drug-likeness (QED) is 0.246. The van der Waals surface area contributed by atoms with Gasteiger partial charge >= 0.3 is 0 Å². The van der Waals surface area contributed by atoms with E-state index in [0.29, 0.717) is 6.04 Å². The molecule has 1 atom stereocenters. The molecule has 0 radical (unpaired) electrons. The highest BCUT2D eigenvalue weighted by Gasteiger charge is 2.21. The first-order valence-electron chi connectivity index (χ1n) is 10.8. The minimum Gasteiger partial charge on any atom is -0.363 e. The molecule has 2 N–H and O–H groups in total. The van der Waals surface area contributed by atoms with Crippen molar-refractivity contribution in [2.45, 2.75) is 64.5 Å². The van der Waals surface area contributed by atoms with Gasteiger partial charge in [-0.3, -0.25) is 4.99 Å². The van der Waals surface area contributed by atoms with Crippen molar-refractivity contribution in [3.05, 3.63) is 17.5 Å². The highest BCUT2D eigenvalue weighted by atomic mass is 127. The molecule has 2 fully saturated rings. The summed E-state index contributed by atoms with van der Waals surface area (Å²) in [6, 6.07) is 5.65. The summed E-state index contributed by atoms with van der Waals surface area (Å²) < 4.78 is 0. The van der Waals surface area contributed by atoms with E-state index < -0.39 is 0 Å². The highest BCUT2D eigenvalue weighted by Crippen LogP contribution is 2.24. The van der Waals surface area contributed by atoms with E-state index >= 15 is 0 Å². The molecular weight excluding hydrogens is 481 g/mol. The maximum atomic E-state index is 4.84. The fourth-order valence-corrected chi connectivity index (χ4v) is 4.95. The Morgan fingerprint density at radius 2 is 2.04 bits per heavy atom. The summed E-state index contributed by atoms with van der Waals surface area (Å²) >= 11 is 1.84. The minimum absolute atomic E-state index is 0. The number of hydrogen-bond acceptors (Lipinski definition) is 4. The number of nitrogens with zero attached hydrogens (tertiary/aromatic N) is 3. The fraction of sp³-hybridized carbons (Fsp3) is 0.762. The van der Waals surface area contributed by atoms with Crippen molar-refractivity contribution < 1.29 is 0 Å². The Labute approximate surface area is 192 Å². The van der Waals surface area contributed by atoms with E-state index in [1.54, 1.807) is 0 Å². The summed E-state index contributed by atoms with van der Waals surface area (Å²) in [6.45, 7) is 11.1. The van der Waals surface area contributed by atoms with E-state index in [-0.39, 0.29) is 24.0 Å². The molecule has 0 aliphatic carbocycles. The largest absolute Gasteiger partial charge is 0.363 e. The van der Waals surface area contributed by atoms with Gasteiger partial charge in [-0.25, -0.2) is 0 Å². The second-order valence-corrected chi connectivity index (χ2v) is 8.78. The molecule has 7 heteroatoms. The van der Waals surface area contributed by atoms with Crippen LogP contribution in [0.25, 0.3) is 0 Å². The summed E-state index contributed by atoms with van der Waals surface area (Å²) in [5.41, 5.74) is 0. The van der Waals surface area contributed by atoms with E-state index in [4.69, 9.17) is 4.99 Å². The number of nitrogens with one attached hydrogen (secondary N) is 2. The predicted molar refractivity (Wildman–Crippen MR) is 134 cm³/mol. The Kier molecular flexibility index (Phi) is 10.9. The van der Waals surface area contributed by atoms with Crippen molar-refractivity contribution in [2.24, 2.45) is 4.99 Å². The van der Waals surface area contributed by atoms with Crippen LogP contribution in [0.5, 0.6) is 0 Å². The van der Waals surface area contributed by atoms with Crippen LogP contribution >= 0.6 is 35.3 Å². The van der Waals surface area contributed by atoms with Gasteiger partial charge < -0.3 is 20.4 Å². The van der Waals surface area contributed by atoms with Gasteiger partial charge in [0, 0.05) is 44.8 Å². The lowest BCUT2D eigenvalue weighted by Gasteiger charge is -2.34. The molecule has 2 aliphatic heterocycles. The van der Waals surface area contributed by atoms with Crippen molar-refractivity contribution >= 4 is 46.3 Å². The van der Waals surface area contributed by atoms with Crippen molar-refractivity contribution in [2.75, 3.05) is 44.2 Å². The fourth-order valence-electron chi connectivity index (χ4n) is 4.16. The van der Waals surface area contributed by atoms with Gasteiger partial charge in [0.1, 0.15) is 0 Å². The lowest BCUT2D eigenvalue weighted by atomic mass is 10.0. The molecular formula is C21H38IN5S. The van der Waals surface area contributed by atoms with Crippen LogP contribution < -0.4 is 15.5 Å². The molecule has 2 aliphatic rings. The SMILES string of the molecule is CCNC(=NCCCN1CCCCC1C)NC1CCN(c2cccs2)CC1.I. The number of hydrogen-bond donors (Lipinski definition) is 2. The van der Waals surface area contributed by atoms with Gasteiger partial charge in [-0.2, -0.15) is 0 Å². The summed E-state index contributed by atoms with van der Waals surface area (Å²) in [7, 11) is 0. The lowest BCUT2D eigenvalue weighted by Crippen LogP contribution is -2.48. The zero-order valence-corrected chi connectivity index (χ0v) is 20.7. The molecule has 160 valence electrons. The predicted octanol–water partition coefficient (Wildman–Crippen LogP) is 4.15. The van der Waals surface area contributed by atoms with E-state index in [1.165, 1.54) is 50.2 Å². The molecule has 0 amide bonds. The smallest absolute Gasteiger partial charge is 0.191 e. The maximum absolute atomic E-state index is 4.84. The van der Waals surface area contributed by atoms with E-state index in [1.807, 2.05) is 11.3 Å². The lowest BCUT2D eigenvalue weighted by molar-refractivity contribution is 0.160. The van der Waals surface area contributed by atoms with Gasteiger partial charge in [0.05, 0.1) is 5.00 Å². The van der Waals surface area contributed by atoms with Gasteiger partial charge in [-0.15, -0.1) is 35.3 Å². The van der Waals surface area contributed by atoms with E-state index in [9.17, 15) is 0 Å². The minimum atomic E-state index is 0. The van der Waals surface area contributed by atoms with Crippen molar-refractivity contribution in [1.82, 2.24) is 15.5 Å². The second kappa shape index (κ2) is 12.9. The molecule has 0 bridgehead atoms. The zero-order valence-electron chi connectivity index (χ0n) is 17.5. The molecule has 28 heavy (non-hydrogen) atoms. The average Bonchev–Trinajstić information content (AvgIpc) is 3.22. The molecule has 2 saturated heterocycles. The Bertz CT molecular complexity index is 557. The van der Waals surface area contributed by atoms with Crippen LogP contribution in [0.1, 0.15) is 52.4 Å². The summed E-state index contributed by atoms with van der Waals surface area (Å²) in [5.74, 6) is 0.999. The van der Waals surface area contributed by atoms with Crippen LogP contribution in [0.4, 0.5) is 5.00 Å². The number of rotatable bonds is 7. The number of guanidine groups is 1. The third-order valence-corrected chi connectivity index (χ3v) is 6.74. The average molecular weight is 520 g/mol. The monoisotopic (exact) mass is 519 g/mol. The van der Waals surface area contributed by atoms with Gasteiger partial charge in [-0.05, 0) is 70.0 Å². The molecule has 3 heterocycles. The Hall–Kier alpha value is -0.540. The Morgan fingerprint density at radius 1 is 1.21 bits per heavy atom. The summed E-state index contributed by atoms with van der Waals surface area (Å²) in [4.78, 5) is 9.99.